The number of unbranched alkanes of at least 4 members (excludes halogenated alkanes) is 3. The molecule has 0 bridgehead atoms. The highest BCUT2D eigenvalue weighted by Gasteiger charge is 2.01. The van der Waals surface area contributed by atoms with E-state index in [0.29, 0.717) is 0 Å². The van der Waals surface area contributed by atoms with Crippen LogP contribution in [0.2, 0.25) is 0 Å². The number of hydrogen-bond donors (Lipinski definition) is 1. The Labute approximate surface area is 114 Å². The maximum absolute atomic E-state index is 3.55. The lowest BCUT2D eigenvalue weighted by atomic mass is 10.2. The quantitative estimate of drug-likeness (QED) is 0.669. The van der Waals surface area contributed by atoms with Gasteiger partial charge in [-0.2, -0.15) is 11.8 Å². The predicted molar refractivity (Wildman–Crippen MR) is 82.3 cm³/mol. The molecule has 0 aromatic carbocycles. The zero-order valence-corrected chi connectivity index (χ0v) is 13.0. The molecule has 1 N–H and O–H groups in total. The zero-order chi connectivity index (χ0) is 12.5. The monoisotopic (exact) mass is 271 g/mol. The van der Waals surface area contributed by atoms with Gasteiger partial charge in [0.05, 0.1) is 0 Å². The lowest BCUT2D eigenvalue weighted by Crippen LogP contribution is -2.14. The van der Waals surface area contributed by atoms with Crippen LogP contribution >= 0.6 is 23.1 Å². The summed E-state index contributed by atoms with van der Waals surface area (Å²) in [4.78, 5) is 2.89. The van der Waals surface area contributed by atoms with Crippen LogP contribution in [0.4, 0.5) is 0 Å². The first-order valence-electron chi connectivity index (χ1n) is 6.49. The molecule has 1 aromatic heterocycles. The Morgan fingerprint density at radius 2 is 1.94 bits per heavy atom. The van der Waals surface area contributed by atoms with Crippen molar-refractivity contribution in [2.45, 2.75) is 46.1 Å². The second-order valence-corrected chi connectivity index (χ2v) is 6.97. The van der Waals surface area contributed by atoms with Gasteiger partial charge in [-0.25, -0.2) is 0 Å². The summed E-state index contributed by atoms with van der Waals surface area (Å²) < 4.78 is 0. The molecular weight excluding hydrogens is 246 g/mol. The van der Waals surface area contributed by atoms with Gasteiger partial charge < -0.3 is 5.32 Å². The third-order valence-electron chi connectivity index (χ3n) is 2.91. The molecule has 17 heavy (non-hydrogen) atoms. The predicted octanol–water partition coefficient (Wildman–Crippen LogP) is 4.38. The van der Waals surface area contributed by atoms with Crippen LogP contribution in [-0.2, 0) is 6.54 Å². The summed E-state index contributed by atoms with van der Waals surface area (Å²) in [5, 5.41) is 3.55. The zero-order valence-electron chi connectivity index (χ0n) is 11.3. The van der Waals surface area contributed by atoms with Crippen LogP contribution in [0.3, 0.4) is 0 Å². The minimum Gasteiger partial charge on any atom is -0.313 e. The smallest absolute Gasteiger partial charge is 0.0216 e. The highest BCUT2D eigenvalue weighted by atomic mass is 32.2. The van der Waals surface area contributed by atoms with Crippen molar-refractivity contribution >= 4 is 23.1 Å². The molecule has 0 radical (unpaired) electrons. The molecule has 0 amide bonds. The molecule has 1 heterocycles. The number of rotatable bonds is 9. The van der Waals surface area contributed by atoms with Crippen molar-refractivity contribution in [1.29, 1.82) is 0 Å². The number of thioether (sulfide) groups is 1. The van der Waals surface area contributed by atoms with Gasteiger partial charge in [0.2, 0.25) is 0 Å². The van der Waals surface area contributed by atoms with Crippen LogP contribution in [0, 0.1) is 13.8 Å². The van der Waals surface area contributed by atoms with Gasteiger partial charge >= 0.3 is 0 Å². The van der Waals surface area contributed by atoms with Gasteiger partial charge in [0.25, 0.3) is 0 Å². The van der Waals surface area contributed by atoms with E-state index in [2.05, 4.69) is 31.5 Å². The van der Waals surface area contributed by atoms with Crippen LogP contribution in [-0.4, -0.2) is 18.6 Å². The Balaban J connectivity index is 1.99. The van der Waals surface area contributed by atoms with Gasteiger partial charge in [-0.3, -0.25) is 0 Å². The average Bonchev–Trinajstić information content (AvgIpc) is 2.61. The molecule has 0 aliphatic rings. The van der Waals surface area contributed by atoms with Crippen molar-refractivity contribution in [2.75, 3.05) is 18.6 Å². The first-order chi connectivity index (χ1) is 8.24. The van der Waals surface area contributed by atoms with E-state index in [4.69, 9.17) is 0 Å². The van der Waals surface area contributed by atoms with Crippen molar-refractivity contribution in [1.82, 2.24) is 5.32 Å². The SMILES string of the molecule is CSCCCCCCNCc1cc(C)sc1C. The van der Waals surface area contributed by atoms with Gasteiger partial charge in [0.1, 0.15) is 0 Å². The molecule has 0 aliphatic carbocycles. The Kier molecular flexibility index (Phi) is 7.99. The highest BCUT2D eigenvalue weighted by molar-refractivity contribution is 7.98. The topological polar surface area (TPSA) is 12.0 Å². The van der Waals surface area contributed by atoms with E-state index in [1.54, 1.807) is 0 Å². The summed E-state index contributed by atoms with van der Waals surface area (Å²) in [5.74, 6) is 1.32. The van der Waals surface area contributed by atoms with E-state index >= 15 is 0 Å². The second kappa shape index (κ2) is 9.01. The van der Waals surface area contributed by atoms with E-state index in [-0.39, 0.29) is 0 Å². The fourth-order valence-electron chi connectivity index (χ4n) is 1.93. The van der Waals surface area contributed by atoms with Gasteiger partial charge in [-0.1, -0.05) is 12.8 Å². The van der Waals surface area contributed by atoms with E-state index in [9.17, 15) is 0 Å². The van der Waals surface area contributed by atoms with E-state index in [0.717, 1.165) is 13.1 Å². The van der Waals surface area contributed by atoms with Crippen LogP contribution in [0.5, 0.6) is 0 Å². The van der Waals surface area contributed by atoms with Crippen molar-refractivity contribution in [2.24, 2.45) is 0 Å². The summed E-state index contributed by atoms with van der Waals surface area (Å²) in [6, 6.07) is 2.31. The van der Waals surface area contributed by atoms with E-state index < -0.39 is 0 Å². The van der Waals surface area contributed by atoms with E-state index in [1.165, 1.54) is 46.8 Å². The number of thiophene rings is 1. The minimum atomic E-state index is 1.04. The second-order valence-electron chi connectivity index (χ2n) is 4.52. The molecule has 3 heteroatoms. The van der Waals surface area contributed by atoms with Crippen LogP contribution < -0.4 is 5.32 Å². The number of hydrogen-bond acceptors (Lipinski definition) is 3. The largest absolute Gasteiger partial charge is 0.313 e. The number of nitrogens with one attached hydrogen (secondary N) is 1. The van der Waals surface area contributed by atoms with Crippen LogP contribution in [0.15, 0.2) is 6.07 Å². The minimum absolute atomic E-state index is 1.04. The first kappa shape index (κ1) is 15.1. The van der Waals surface area contributed by atoms with Crippen molar-refractivity contribution < 1.29 is 0 Å². The molecule has 0 saturated carbocycles. The Bertz CT molecular complexity index is 307. The Morgan fingerprint density at radius 1 is 1.18 bits per heavy atom. The average molecular weight is 271 g/mol. The molecule has 98 valence electrons. The fraction of sp³-hybridized carbons (Fsp3) is 0.714. The van der Waals surface area contributed by atoms with Gasteiger partial charge in [-0.15, -0.1) is 11.3 Å². The molecule has 1 rings (SSSR count). The van der Waals surface area contributed by atoms with Crippen LogP contribution in [0.1, 0.15) is 41.0 Å². The molecule has 0 unspecified atom stereocenters. The lowest BCUT2D eigenvalue weighted by molar-refractivity contribution is 0.599. The third kappa shape index (κ3) is 6.49. The third-order valence-corrected chi connectivity index (χ3v) is 4.62. The lowest BCUT2D eigenvalue weighted by Gasteiger charge is -2.04. The van der Waals surface area contributed by atoms with Gasteiger partial charge in [0, 0.05) is 16.3 Å². The molecule has 0 spiro atoms. The summed E-state index contributed by atoms with van der Waals surface area (Å²) >= 11 is 3.86. The fourth-order valence-corrected chi connectivity index (χ4v) is 3.37. The maximum atomic E-state index is 3.55. The summed E-state index contributed by atoms with van der Waals surface area (Å²) in [6.07, 6.45) is 7.64. The normalized spacial score (nSPS) is 11.0. The highest BCUT2D eigenvalue weighted by Crippen LogP contribution is 2.20. The number of aryl methyl sites for hydroxylation is 2. The standard InChI is InChI=1S/C14H25NS2/c1-12-10-14(13(2)17-12)11-15-8-6-4-5-7-9-16-3/h10,15H,4-9,11H2,1-3H3. The molecule has 1 aromatic rings. The molecular formula is C14H25NS2. The van der Waals surface area contributed by atoms with Gasteiger partial charge in [-0.05, 0) is 56.9 Å². The van der Waals surface area contributed by atoms with Crippen LogP contribution in [0.25, 0.3) is 0 Å². The first-order valence-corrected chi connectivity index (χ1v) is 8.70. The van der Waals surface area contributed by atoms with Crippen molar-refractivity contribution in [3.05, 3.63) is 21.4 Å². The van der Waals surface area contributed by atoms with Gasteiger partial charge in [0.15, 0.2) is 0 Å². The molecule has 0 aliphatic heterocycles. The molecule has 1 nitrogen and oxygen atoms in total. The Hall–Kier alpha value is 0.01000. The summed E-state index contributed by atoms with van der Waals surface area (Å²) in [5.41, 5.74) is 1.48. The van der Waals surface area contributed by atoms with Crippen molar-refractivity contribution in [3.8, 4) is 0 Å². The molecule has 0 saturated heterocycles. The summed E-state index contributed by atoms with van der Waals surface area (Å²) in [7, 11) is 0. The Morgan fingerprint density at radius 3 is 2.59 bits per heavy atom. The van der Waals surface area contributed by atoms with Crippen molar-refractivity contribution in [3.63, 3.8) is 0 Å². The molecule has 0 fully saturated rings. The maximum Gasteiger partial charge on any atom is 0.0216 e. The van der Waals surface area contributed by atoms with E-state index in [1.807, 2.05) is 23.1 Å². The summed E-state index contributed by atoms with van der Waals surface area (Å²) in [6.45, 7) is 6.61. The molecule has 0 atom stereocenters.